The van der Waals surface area contributed by atoms with E-state index in [1.54, 1.807) is 18.2 Å². The van der Waals surface area contributed by atoms with E-state index in [1.807, 2.05) is 35.0 Å². The van der Waals surface area contributed by atoms with Crippen molar-refractivity contribution < 1.29 is 9.18 Å². The molecule has 0 atom stereocenters. The van der Waals surface area contributed by atoms with Gasteiger partial charge in [-0.2, -0.15) is 0 Å². The summed E-state index contributed by atoms with van der Waals surface area (Å²) in [6.45, 7) is 0.496. The highest BCUT2D eigenvalue weighted by Gasteiger charge is 2.01. The van der Waals surface area contributed by atoms with E-state index in [-0.39, 0.29) is 11.7 Å². The molecule has 0 unspecified atom stereocenters. The van der Waals surface area contributed by atoms with Gasteiger partial charge in [0, 0.05) is 31.4 Å². The highest BCUT2D eigenvalue weighted by atomic mass is 19.1. The highest BCUT2D eigenvalue weighted by molar-refractivity contribution is 5.91. The number of nitrogens with one attached hydrogen (secondary N) is 1. The molecule has 0 aliphatic carbocycles. The molecule has 3 rings (SSSR count). The van der Waals surface area contributed by atoms with Crippen molar-refractivity contribution in [2.45, 2.75) is 6.42 Å². The summed E-state index contributed by atoms with van der Waals surface area (Å²) in [7, 11) is 0. The lowest BCUT2D eigenvalue weighted by Gasteiger charge is -1.99. The molecule has 0 fully saturated rings. The summed E-state index contributed by atoms with van der Waals surface area (Å²) in [5.74, 6) is -0.530. The zero-order chi connectivity index (χ0) is 16.1. The molecular weight excluding hydrogens is 293 g/mol. The van der Waals surface area contributed by atoms with Crippen LogP contribution < -0.4 is 5.32 Å². The maximum Gasteiger partial charge on any atom is 0.244 e. The number of rotatable bonds is 5. The van der Waals surface area contributed by atoms with Crippen LogP contribution in [0.4, 0.5) is 4.39 Å². The Morgan fingerprint density at radius 2 is 2.17 bits per heavy atom. The first-order valence-electron chi connectivity index (χ1n) is 7.35. The van der Waals surface area contributed by atoms with Crippen LogP contribution in [0, 0.1) is 5.82 Å². The minimum atomic E-state index is -0.320. The zero-order valence-electron chi connectivity index (χ0n) is 12.4. The smallest absolute Gasteiger partial charge is 0.244 e. The maximum absolute atomic E-state index is 13.0. The van der Waals surface area contributed by atoms with Crippen molar-refractivity contribution in [2.75, 3.05) is 6.54 Å². The van der Waals surface area contributed by atoms with Crippen LogP contribution in [0.5, 0.6) is 0 Å². The monoisotopic (exact) mass is 309 g/mol. The Bertz CT molecular complexity index is 821. The molecule has 0 radical (unpaired) electrons. The van der Waals surface area contributed by atoms with Crippen molar-refractivity contribution in [1.82, 2.24) is 14.7 Å². The predicted molar refractivity (Wildman–Crippen MR) is 87.3 cm³/mol. The summed E-state index contributed by atoms with van der Waals surface area (Å²) in [4.78, 5) is 16.2. The Morgan fingerprint density at radius 3 is 3.00 bits per heavy atom. The van der Waals surface area contributed by atoms with Gasteiger partial charge in [-0.3, -0.25) is 4.79 Å². The lowest BCUT2D eigenvalue weighted by molar-refractivity contribution is -0.116. The Labute approximate surface area is 133 Å². The average Bonchev–Trinajstić information content (AvgIpc) is 2.96. The minimum absolute atomic E-state index is 0.210. The standard InChI is InChI=1S/C18H16FN3O/c19-15-5-3-4-14(12-15)7-8-18(23)20-10-9-16-13-22-11-2-1-6-17(22)21-16/h1-8,11-13H,9-10H2,(H,20,23)/b8-7+. The van der Waals surface area contributed by atoms with E-state index in [1.165, 1.54) is 18.2 Å². The van der Waals surface area contributed by atoms with Gasteiger partial charge < -0.3 is 9.72 Å². The number of benzene rings is 1. The second-order valence-electron chi connectivity index (χ2n) is 5.13. The summed E-state index contributed by atoms with van der Waals surface area (Å²) in [6, 6.07) is 11.9. The van der Waals surface area contributed by atoms with Crippen LogP contribution in [0.3, 0.4) is 0 Å². The molecule has 4 nitrogen and oxygen atoms in total. The minimum Gasteiger partial charge on any atom is -0.352 e. The van der Waals surface area contributed by atoms with Crippen molar-refractivity contribution in [1.29, 1.82) is 0 Å². The molecule has 1 aromatic carbocycles. The largest absolute Gasteiger partial charge is 0.352 e. The molecule has 5 heteroatoms. The van der Waals surface area contributed by atoms with Crippen molar-refractivity contribution in [3.05, 3.63) is 78.0 Å². The Morgan fingerprint density at radius 1 is 1.26 bits per heavy atom. The number of pyridine rings is 1. The molecule has 1 N–H and O–H groups in total. The third kappa shape index (κ3) is 4.03. The first-order chi connectivity index (χ1) is 11.2. The molecule has 0 aliphatic rings. The second kappa shape index (κ2) is 6.87. The van der Waals surface area contributed by atoms with Crippen LogP contribution in [0.2, 0.25) is 0 Å². The van der Waals surface area contributed by atoms with Gasteiger partial charge in [0.2, 0.25) is 5.91 Å². The van der Waals surface area contributed by atoms with Crippen LogP contribution in [0.25, 0.3) is 11.7 Å². The lowest BCUT2D eigenvalue weighted by Crippen LogP contribution is -2.23. The summed E-state index contributed by atoms with van der Waals surface area (Å²) >= 11 is 0. The van der Waals surface area contributed by atoms with Crippen molar-refractivity contribution >= 4 is 17.6 Å². The van der Waals surface area contributed by atoms with E-state index >= 15 is 0 Å². The van der Waals surface area contributed by atoms with Gasteiger partial charge in [0.05, 0.1) is 5.69 Å². The molecule has 0 saturated heterocycles. The summed E-state index contributed by atoms with van der Waals surface area (Å²) in [5, 5.41) is 2.79. The zero-order valence-corrected chi connectivity index (χ0v) is 12.4. The van der Waals surface area contributed by atoms with Crippen LogP contribution >= 0.6 is 0 Å². The number of hydrogen-bond acceptors (Lipinski definition) is 2. The number of imidazole rings is 1. The van der Waals surface area contributed by atoms with Gasteiger partial charge in [-0.25, -0.2) is 9.37 Å². The Kier molecular flexibility index (Phi) is 4.47. The quantitative estimate of drug-likeness (QED) is 0.737. The maximum atomic E-state index is 13.0. The fourth-order valence-electron chi connectivity index (χ4n) is 2.26. The number of amides is 1. The highest BCUT2D eigenvalue weighted by Crippen LogP contribution is 2.06. The van der Waals surface area contributed by atoms with Gasteiger partial charge in [0.1, 0.15) is 11.5 Å². The molecule has 0 aliphatic heterocycles. The average molecular weight is 309 g/mol. The van der Waals surface area contributed by atoms with Crippen LogP contribution in [0.15, 0.2) is 60.9 Å². The normalized spacial score (nSPS) is 11.2. The van der Waals surface area contributed by atoms with Gasteiger partial charge >= 0.3 is 0 Å². The second-order valence-corrected chi connectivity index (χ2v) is 5.13. The van der Waals surface area contributed by atoms with Crippen LogP contribution in [-0.2, 0) is 11.2 Å². The van der Waals surface area contributed by atoms with E-state index in [2.05, 4.69) is 10.3 Å². The molecule has 23 heavy (non-hydrogen) atoms. The van der Waals surface area contributed by atoms with E-state index in [4.69, 9.17) is 0 Å². The van der Waals surface area contributed by atoms with Gasteiger partial charge in [-0.15, -0.1) is 0 Å². The molecule has 1 amide bonds. The van der Waals surface area contributed by atoms with Gasteiger partial charge in [0.25, 0.3) is 0 Å². The summed E-state index contributed by atoms with van der Waals surface area (Å²) < 4.78 is 15.0. The van der Waals surface area contributed by atoms with Crippen LogP contribution in [-0.4, -0.2) is 21.8 Å². The van der Waals surface area contributed by atoms with Crippen molar-refractivity contribution in [3.63, 3.8) is 0 Å². The molecule has 2 aromatic heterocycles. The van der Waals surface area contributed by atoms with E-state index in [0.717, 1.165) is 11.3 Å². The number of aromatic nitrogens is 2. The number of carbonyl (C=O) groups is 1. The number of halogens is 1. The van der Waals surface area contributed by atoms with Crippen LogP contribution in [0.1, 0.15) is 11.3 Å². The number of nitrogens with zero attached hydrogens (tertiary/aromatic N) is 2. The molecular formula is C18H16FN3O. The first-order valence-corrected chi connectivity index (χ1v) is 7.35. The van der Waals surface area contributed by atoms with Gasteiger partial charge in [-0.05, 0) is 35.9 Å². The van der Waals surface area contributed by atoms with E-state index < -0.39 is 0 Å². The molecule has 2 heterocycles. The summed E-state index contributed by atoms with van der Waals surface area (Å²) in [6.07, 6.45) is 7.53. The molecule has 116 valence electrons. The summed E-state index contributed by atoms with van der Waals surface area (Å²) in [5.41, 5.74) is 2.46. The third-order valence-electron chi connectivity index (χ3n) is 3.37. The Hall–Kier alpha value is -2.95. The van der Waals surface area contributed by atoms with Crippen molar-refractivity contribution in [3.8, 4) is 0 Å². The fourth-order valence-corrected chi connectivity index (χ4v) is 2.26. The van der Waals surface area contributed by atoms with Gasteiger partial charge in [0.15, 0.2) is 0 Å². The topological polar surface area (TPSA) is 46.4 Å². The predicted octanol–water partition coefficient (Wildman–Crippen LogP) is 2.85. The molecule has 0 saturated carbocycles. The Balaban J connectivity index is 1.51. The number of fused-ring (bicyclic) bond motifs is 1. The first kappa shape index (κ1) is 15.0. The molecule has 0 spiro atoms. The van der Waals surface area contributed by atoms with E-state index in [0.29, 0.717) is 18.5 Å². The van der Waals surface area contributed by atoms with Gasteiger partial charge in [-0.1, -0.05) is 18.2 Å². The third-order valence-corrected chi connectivity index (χ3v) is 3.37. The van der Waals surface area contributed by atoms with E-state index in [9.17, 15) is 9.18 Å². The fraction of sp³-hybridized carbons (Fsp3) is 0.111. The van der Waals surface area contributed by atoms with Crippen molar-refractivity contribution in [2.24, 2.45) is 0 Å². The number of carbonyl (C=O) groups excluding carboxylic acids is 1. The molecule has 3 aromatic rings. The SMILES string of the molecule is O=C(/C=C/c1cccc(F)c1)NCCc1cn2ccccc2n1. The number of hydrogen-bond donors (Lipinski definition) is 1. The lowest BCUT2D eigenvalue weighted by atomic mass is 10.2. The molecule has 0 bridgehead atoms.